The molecule has 2 fully saturated rings. The number of nitrogens with zero attached hydrogens (tertiary/aromatic N) is 5. The van der Waals surface area contributed by atoms with Crippen LogP contribution < -0.4 is 9.80 Å². The second-order valence-electron chi connectivity index (χ2n) is 10.4. The predicted octanol–water partition coefficient (Wildman–Crippen LogP) is 4.05. The molecule has 0 spiro atoms. The molecule has 2 atom stereocenters. The van der Waals surface area contributed by atoms with E-state index in [4.69, 9.17) is 14.7 Å². The molecule has 3 aliphatic rings. The van der Waals surface area contributed by atoms with Crippen LogP contribution in [0.1, 0.15) is 29.7 Å². The van der Waals surface area contributed by atoms with Gasteiger partial charge in [-0.2, -0.15) is 0 Å². The van der Waals surface area contributed by atoms with E-state index in [0.29, 0.717) is 48.2 Å². The van der Waals surface area contributed by atoms with E-state index in [1.54, 1.807) is 36.5 Å². The Morgan fingerprint density at radius 3 is 2.39 bits per heavy atom. The fraction of sp³-hybridized carbons (Fsp3) is 0.357. The Morgan fingerprint density at radius 1 is 0.974 bits per heavy atom. The summed E-state index contributed by atoms with van der Waals surface area (Å²) in [7, 11) is -3.87. The average molecular weight is 534 g/mol. The van der Waals surface area contributed by atoms with Crippen LogP contribution in [0.3, 0.4) is 0 Å². The van der Waals surface area contributed by atoms with Gasteiger partial charge in [-0.15, -0.1) is 0 Å². The van der Waals surface area contributed by atoms with Gasteiger partial charge < -0.3 is 14.5 Å². The molecule has 2 saturated heterocycles. The molecule has 8 nitrogen and oxygen atoms in total. The first-order chi connectivity index (χ1) is 18.4. The van der Waals surface area contributed by atoms with Gasteiger partial charge in [0.1, 0.15) is 17.5 Å². The van der Waals surface area contributed by atoms with Crippen molar-refractivity contribution in [2.24, 2.45) is 0 Å². The van der Waals surface area contributed by atoms with E-state index in [9.17, 15) is 12.8 Å². The van der Waals surface area contributed by atoms with Crippen molar-refractivity contribution < 1.29 is 17.5 Å². The topological polar surface area (TPSA) is 80.6 Å². The number of rotatable bonds is 4. The third kappa shape index (κ3) is 3.69. The zero-order chi connectivity index (χ0) is 26.0. The average Bonchev–Trinajstić information content (AvgIpc) is 3.38. The molecule has 4 aromatic rings. The van der Waals surface area contributed by atoms with Crippen molar-refractivity contribution in [3.05, 3.63) is 77.5 Å². The molecule has 0 radical (unpaired) electrons. The molecule has 2 aromatic carbocycles. The molecule has 5 heterocycles. The van der Waals surface area contributed by atoms with Gasteiger partial charge in [-0.3, -0.25) is 0 Å². The van der Waals surface area contributed by atoms with Crippen molar-refractivity contribution in [2.45, 2.75) is 49.7 Å². The van der Waals surface area contributed by atoms with E-state index in [1.165, 1.54) is 16.1 Å². The Bertz CT molecular complexity index is 1620. The molecule has 0 aliphatic carbocycles. The number of ether oxygens (including phenoxy) is 1. The molecule has 2 aromatic heterocycles. The number of morpholine rings is 1. The van der Waals surface area contributed by atoms with Crippen LogP contribution in [-0.4, -0.2) is 54.2 Å². The van der Waals surface area contributed by atoms with Gasteiger partial charge >= 0.3 is 0 Å². The van der Waals surface area contributed by atoms with Crippen molar-refractivity contribution in [1.82, 2.24) is 13.9 Å². The van der Waals surface area contributed by atoms with Gasteiger partial charge in [0.25, 0.3) is 10.0 Å². The van der Waals surface area contributed by atoms with E-state index in [-0.39, 0.29) is 4.90 Å². The van der Waals surface area contributed by atoms with Crippen molar-refractivity contribution >= 4 is 32.6 Å². The normalized spacial score (nSPS) is 21.2. The standard InChI is InChI=1S/C28H28FN5O3S/c1-18-2-7-22(8-3-18)38(35,36)34-25-9-4-19(29)12-23(25)24-15-32(11-10-26(24)34)27-13-31-28(14-30-27)33-20-5-6-21(33)17-37-16-20/h2-4,7-9,12-14,20-21H,5-6,10-11,15-17H2,1H3. The van der Waals surface area contributed by atoms with Gasteiger partial charge in [-0.05, 0) is 50.1 Å². The van der Waals surface area contributed by atoms with E-state index in [1.807, 2.05) is 13.1 Å². The van der Waals surface area contributed by atoms with Crippen LogP contribution in [0.25, 0.3) is 10.9 Å². The maximum atomic E-state index is 14.4. The van der Waals surface area contributed by atoms with Crippen molar-refractivity contribution in [1.29, 1.82) is 0 Å². The molecular weight excluding hydrogens is 505 g/mol. The van der Waals surface area contributed by atoms with Gasteiger partial charge in [-0.25, -0.2) is 26.7 Å². The van der Waals surface area contributed by atoms with Crippen LogP contribution in [0.15, 0.2) is 59.8 Å². The van der Waals surface area contributed by atoms with Crippen LogP contribution in [0.2, 0.25) is 0 Å². The summed E-state index contributed by atoms with van der Waals surface area (Å²) in [5, 5.41) is 0.606. The summed E-state index contributed by atoms with van der Waals surface area (Å²) in [6, 6.07) is 11.8. The van der Waals surface area contributed by atoms with Gasteiger partial charge in [0.2, 0.25) is 0 Å². The fourth-order valence-electron chi connectivity index (χ4n) is 6.19. The minimum Gasteiger partial charge on any atom is -0.377 e. The first-order valence-corrected chi connectivity index (χ1v) is 14.4. The molecule has 38 heavy (non-hydrogen) atoms. The molecule has 196 valence electrons. The first kappa shape index (κ1) is 23.6. The summed E-state index contributed by atoms with van der Waals surface area (Å²) in [4.78, 5) is 14.1. The third-order valence-electron chi connectivity index (χ3n) is 8.08. The number of hydrogen-bond donors (Lipinski definition) is 0. The molecule has 0 amide bonds. The Kier molecular flexibility index (Phi) is 5.45. The van der Waals surface area contributed by atoms with Crippen LogP contribution in [0.4, 0.5) is 16.0 Å². The molecule has 0 saturated carbocycles. The zero-order valence-electron chi connectivity index (χ0n) is 21.0. The third-order valence-corrected chi connectivity index (χ3v) is 9.84. The van der Waals surface area contributed by atoms with Gasteiger partial charge in [-0.1, -0.05) is 17.7 Å². The summed E-state index contributed by atoms with van der Waals surface area (Å²) in [5.74, 6) is 1.19. The summed E-state index contributed by atoms with van der Waals surface area (Å²) in [6.45, 7) is 4.36. The Labute approximate surface area is 220 Å². The van der Waals surface area contributed by atoms with Gasteiger partial charge in [0, 0.05) is 36.2 Å². The number of fused-ring (bicyclic) bond motifs is 5. The number of hydrogen-bond acceptors (Lipinski definition) is 7. The van der Waals surface area contributed by atoms with Crippen LogP contribution in [0.5, 0.6) is 0 Å². The second kappa shape index (κ2) is 8.78. The summed E-state index contributed by atoms with van der Waals surface area (Å²) < 4.78 is 49.1. The summed E-state index contributed by atoms with van der Waals surface area (Å²) in [5.41, 5.74) is 2.97. The quantitative estimate of drug-likeness (QED) is 0.392. The first-order valence-electron chi connectivity index (χ1n) is 13.0. The van der Waals surface area contributed by atoms with E-state index in [0.717, 1.165) is 48.8 Å². The number of halogens is 1. The highest BCUT2D eigenvalue weighted by Crippen LogP contribution is 2.36. The highest BCUT2D eigenvalue weighted by atomic mass is 32.2. The van der Waals surface area contributed by atoms with E-state index in [2.05, 4.69) is 9.80 Å². The van der Waals surface area contributed by atoms with Gasteiger partial charge in [0.15, 0.2) is 0 Å². The predicted molar refractivity (Wildman–Crippen MR) is 143 cm³/mol. The van der Waals surface area contributed by atoms with Crippen LogP contribution in [0, 0.1) is 12.7 Å². The zero-order valence-corrected chi connectivity index (χ0v) is 21.9. The number of benzene rings is 2. The Hall–Kier alpha value is -3.50. The number of aryl methyl sites for hydroxylation is 1. The van der Waals surface area contributed by atoms with Crippen molar-refractivity contribution in [2.75, 3.05) is 29.6 Å². The number of aromatic nitrogens is 3. The molecule has 10 heteroatoms. The minimum absolute atomic E-state index is 0.216. The van der Waals surface area contributed by atoms with Gasteiger partial charge in [0.05, 0.1) is 48.1 Å². The van der Waals surface area contributed by atoms with Crippen molar-refractivity contribution in [3.8, 4) is 0 Å². The van der Waals surface area contributed by atoms with Crippen LogP contribution >= 0.6 is 0 Å². The molecule has 2 unspecified atom stereocenters. The lowest BCUT2D eigenvalue weighted by atomic mass is 10.0. The fourth-order valence-corrected chi connectivity index (χ4v) is 7.79. The lowest BCUT2D eigenvalue weighted by molar-refractivity contribution is 0.0902. The molecule has 3 aliphatic heterocycles. The summed E-state index contributed by atoms with van der Waals surface area (Å²) >= 11 is 0. The number of anilines is 2. The van der Waals surface area contributed by atoms with E-state index < -0.39 is 15.8 Å². The molecule has 2 bridgehead atoms. The van der Waals surface area contributed by atoms with E-state index >= 15 is 0 Å². The maximum absolute atomic E-state index is 14.4. The Morgan fingerprint density at radius 2 is 1.68 bits per heavy atom. The summed E-state index contributed by atoms with van der Waals surface area (Å²) in [6.07, 6.45) is 6.31. The lowest BCUT2D eigenvalue weighted by Gasteiger charge is -2.35. The highest BCUT2D eigenvalue weighted by molar-refractivity contribution is 7.90. The SMILES string of the molecule is Cc1ccc(S(=O)(=O)n2c3c(c4cc(F)ccc42)CN(c2cnc(N4C5CCC4COC5)cn2)CC3)cc1. The van der Waals surface area contributed by atoms with Crippen molar-refractivity contribution in [3.63, 3.8) is 0 Å². The molecule has 7 rings (SSSR count). The second-order valence-corrected chi connectivity index (χ2v) is 12.2. The molecular formula is C28H28FN5O3S. The van der Waals surface area contributed by atoms with Crippen LogP contribution in [-0.2, 0) is 27.7 Å². The minimum atomic E-state index is -3.87. The largest absolute Gasteiger partial charge is 0.377 e. The highest BCUT2D eigenvalue weighted by Gasteiger charge is 2.38. The lowest BCUT2D eigenvalue weighted by Crippen LogP contribution is -2.46. The Balaban J connectivity index is 1.25. The maximum Gasteiger partial charge on any atom is 0.268 e. The monoisotopic (exact) mass is 533 g/mol. The molecule has 0 N–H and O–H groups in total. The smallest absolute Gasteiger partial charge is 0.268 e.